The molecule has 0 aliphatic rings. The van der Waals surface area contributed by atoms with Gasteiger partial charge < -0.3 is 10.2 Å². The van der Waals surface area contributed by atoms with Crippen LogP contribution in [0.25, 0.3) is 0 Å². The van der Waals surface area contributed by atoms with Gasteiger partial charge in [-0.2, -0.15) is 0 Å². The number of nitrogens with zero attached hydrogens (tertiary/aromatic N) is 2. The number of aryl methyl sites for hydroxylation is 1. The fourth-order valence-electron chi connectivity index (χ4n) is 2.10. The third kappa shape index (κ3) is 3.37. The van der Waals surface area contributed by atoms with Crippen LogP contribution in [0.1, 0.15) is 21.6 Å². The van der Waals surface area contributed by atoms with E-state index < -0.39 is 0 Å². The SMILES string of the molecule is CNc1cc(C)ncc1C(=O)N(C)Cc1ccccc1F. The Morgan fingerprint density at radius 1 is 1.38 bits per heavy atom. The molecule has 0 spiro atoms. The Kier molecular flexibility index (Phi) is 4.52. The predicted molar refractivity (Wildman–Crippen MR) is 80.7 cm³/mol. The third-order valence-corrected chi connectivity index (χ3v) is 3.25. The second-order valence-electron chi connectivity index (χ2n) is 4.87. The van der Waals surface area contributed by atoms with E-state index in [0.29, 0.717) is 16.8 Å². The van der Waals surface area contributed by atoms with Gasteiger partial charge in [-0.3, -0.25) is 9.78 Å². The predicted octanol–water partition coefficient (Wildman–Crippen LogP) is 2.84. The Balaban J connectivity index is 2.22. The molecule has 0 atom stereocenters. The van der Waals surface area contributed by atoms with Gasteiger partial charge in [-0.25, -0.2) is 4.39 Å². The van der Waals surface area contributed by atoms with Crippen LogP contribution in [0, 0.1) is 12.7 Å². The van der Waals surface area contributed by atoms with E-state index in [1.54, 1.807) is 38.5 Å². The van der Waals surface area contributed by atoms with Crippen molar-refractivity contribution in [3.8, 4) is 0 Å². The van der Waals surface area contributed by atoms with Crippen molar-refractivity contribution in [2.45, 2.75) is 13.5 Å². The quantitative estimate of drug-likeness (QED) is 0.940. The van der Waals surface area contributed by atoms with Gasteiger partial charge in [0.2, 0.25) is 0 Å². The lowest BCUT2D eigenvalue weighted by molar-refractivity contribution is 0.0784. The molecule has 1 heterocycles. The van der Waals surface area contributed by atoms with Gasteiger partial charge in [0, 0.05) is 38.1 Å². The minimum atomic E-state index is -0.312. The molecule has 4 nitrogen and oxygen atoms in total. The molecule has 1 aromatic carbocycles. The van der Waals surface area contributed by atoms with E-state index in [0.717, 1.165) is 5.69 Å². The van der Waals surface area contributed by atoms with Crippen molar-refractivity contribution < 1.29 is 9.18 Å². The van der Waals surface area contributed by atoms with Gasteiger partial charge in [0.15, 0.2) is 0 Å². The van der Waals surface area contributed by atoms with Crippen LogP contribution in [0.4, 0.5) is 10.1 Å². The maximum atomic E-state index is 13.7. The van der Waals surface area contributed by atoms with E-state index in [1.807, 2.05) is 13.0 Å². The fraction of sp³-hybridized carbons (Fsp3) is 0.250. The highest BCUT2D eigenvalue weighted by Gasteiger charge is 2.17. The number of halogens is 1. The second-order valence-corrected chi connectivity index (χ2v) is 4.87. The zero-order valence-electron chi connectivity index (χ0n) is 12.4. The van der Waals surface area contributed by atoms with Crippen molar-refractivity contribution in [1.82, 2.24) is 9.88 Å². The number of hydrogen-bond donors (Lipinski definition) is 1. The first kappa shape index (κ1) is 15.0. The van der Waals surface area contributed by atoms with E-state index >= 15 is 0 Å². The zero-order valence-corrected chi connectivity index (χ0v) is 12.4. The second kappa shape index (κ2) is 6.35. The lowest BCUT2D eigenvalue weighted by atomic mass is 10.1. The summed E-state index contributed by atoms with van der Waals surface area (Å²) in [5.41, 5.74) is 2.50. The van der Waals surface area contributed by atoms with Crippen molar-refractivity contribution >= 4 is 11.6 Å². The van der Waals surface area contributed by atoms with Gasteiger partial charge in [-0.1, -0.05) is 18.2 Å². The minimum Gasteiger partial charge on any atom is -0.387 e. The molecule has 2 aromatic rings. The van der Waals surface area contributed by atoms with E-state index in [-0.39, 0.29) is 18.3 Å². The lowest BCUT2D eigenvalue weighted by Crippen LogP contribution is -2.27. The molecule has 21 heavy (non-hydrogen) atoms. The Labute approximate surface area is 123 Å². The summed E-state index contributed by atoms with van der Waals surface area (Å²) >= 11 is 0. The summed E-state index contributed by atoms with van der Waals surface area (Å²) in [6, 6.07) is 8.25. The number of anilines is 1. The summed E-state index contributed by atoms with van der Waals surface area (Å²) in [5.74, 6) is -0.511. The van der Waals surface area contributed by atoms with E-state index in [4.69, 9.17) is 0 Å². The van der Waals surface area contributed by atoms with Gasteiger partial charge in [0.25, 0.3) is 5.91 Å². The first-order valence-corrected chi connectivity index (χ1v) is 6.66. The maximum absolute atomic E-state index is 13.7. The number of pyridine rings is 1. The molecular formula is C16H18FN3O. The Bertz CT molecular complexity index is 658. The lowest BCUT2D eigenvalue weighted by Gasteiger charge is -2.19. The van der Waals surface area contributed by atoms with Crippen LogP contribution in [-0.4, -0.2) is 29.9 Å². The van der Waals surface area contributed by atoms with Crippen LogP contribution < -0.4 is 5.32 Å². The molecule has 2 rings (SSSR count). The van der Waals surface area contributed by atoms with Gasteiger partial charge in [-0.05, 0) is 19.1 Å². The fourth-order valence-corrected chi connectivity index (χ4v) is 2.10. The summed E-state index contributed by atoms with van der Waals surface area (Å²) < 4.78 is 13.7. The van der Waals surface area contributed by atoms with Crippen molar-refractivity contribution in [2.75, 3.05) is 19.4 Å². The maximum Gasteiger partial charge on any atom is 0.257 e. The van der Waals surface area contributed by atoms with Crippen molar-refractivity contribution in [3.05, 3.63) is 59.2 Å². The summed E-state index contributed by atoms with van der Waals surface area (Å²) in [5, 5.41) is 2.99. The minimum absolute atomic E-state index is 0.199. The number of carbonyl (C=O) groups is 1. The highest BCUT2D eigenvalue weighted by molar-refractivity contribution is 5.99. The average molecular weight is 287 g/mol. The Morgan fingerprint density at radius 2 is 2.10 bits per heavy atom. The zero-order chi connectivity index (χ0) is 15.4. The Hall–Kier alpha value is -2.43. The van der Waals surface area contributed by atoms with Crippen LogP contribution in [-0.2, 0) is 6.54 Å². The molecule has 1 aromatic heterocycles. The molecule has 110 valence electrons. The molecule has 1 N–H and O–H groups in total. The van der Waals surface area contributed by atoms with Gasteiger partial charge in [-0.15, -0.1) is 0 Å². The standard InChI is InChI=1S/C16H18FN3O/c1-11-8-15(18-2)13(9-19-11)16(21)20(3)10-12-6-4-5-7-14(12)17/h4-9H,10H2,1-3H3,(H,18,19). The van der Waals surface area contributed by atoms with Crippen LogP contribution in [0.2, 0.25) is 0 Å². The summed E-state index contributed by atoms with van der Waals surface area (Å²) in [4.78, 5) is 18.1. The molecule has 0 unspecified atom stereocenters. The highest BCUT2D eigenvalue weighted by Crippen LogP contribution is 2.18. The molecule has 0 saturated carbocycles. The summed E-state index contributed by atoms with van der Waals surface area (Å²) in [6.45, 7) is 2.07. The first-order chi connectivity index (χ1) is 10.0. The van der Waals surface area contributed by atoms with E-state index in [2.05, 4.69) is 10.3 Å². The van der Waals surface area contributed by atoms with Crippen LogP contribution in [0.3, 0.4) is 0 Å². The first-order valence-electron chi connectivity index (χ1n) is 6.66. The number of rotatable bonds is 4. The number of benzene rings is 1. The molecule has 0 radical (unpaired) electrons. The monoisotopic (exact) mass is 287 g/mol. The molecule has 0 aliphatic carbocycles. The average Bonchev–Trinajstić information content (AvgIpc) is 2.48. The normalized spacial score (nSPS) is 10.3. The molecule has 5 heteroatoms. The molecule has 0 fully saturated rings. The number of hydrogen-bond acceptors (Lipinski definition) is 3. The van der Waals surface area contributed by atoms with Gasteiger partial charge in [0.05, 0.1) is 11.3 Å². The van der Waals surface area contributed by atoms with Crippen molar-refractivity contribution in [2.24, 2.45) is 0 Å². The van der Waals surface area contributed by atoms with Crippen LogP contribution >= 0.6 is 0 Å². The van der Waals surface area contributed by atoms with E-state index in [9.17, 15) is 9.18 Å². The number of nitrogens with one attached hydrogen (secondary N) is 1. The van der Waals surface area contributed by atoms with Crippen molar-refractivity contribution in [3.63, 3.8) is 0 Å². The summed E-state index contributed by atoms with van der Waals surface area (Å²) in [6.07, 6.45) is 1.54. The number of amides is 1. The summed E-state index contributed by atoms with van der Waals surface area (Å²) in [7, 11) is 3.40. The number of carbonyl (C=O) groups excluding carboxylic acids is 1. The van der Waals surface area contributed by atoms with Gasteiger partial charge >= 0.3 is 0 Å². The smallest absolute Gasteiger partial charge is 0.257 e. The molecular weight excluding hydrogens is 269 g/mol. The largest absolute Gasteiger partial charge is 0.387 e. The van der Waals surface area contributed by atoms with E-state index in [1.165, 1.54) is 11.0 Å². The Morgan fingerprint density at radius 3 is 2.76 bits per heavy atom. The van der Waals surface area contributed by atoms with Crippen LogP contribution in [0.5, 0.6) is 0 Å². The third-order valence-electron chi connectivity index (χ3n) is 3.25. The molecule has 0 aliphatic heterocycles. The topological polar surface area (TPSA) is 45.2 Å². The molecule has 0 bridgehead atoms. The van der Waals surface area contributed by atoms with Gasteiger partial charge in [0.1, 0.15) is 5.82 Å². The van der Waals surface area contributed by atoms with Crippen molar-refractivity contribution in [1.29, 1.82) is 0 Å². The number of aromatic nitrogens is 1. The van der Waals surface area contributed by atoms with Crippen LogP contribution in [0.15, 0.2) is 36.5 Å². The molecule has 1 amide bonds. The highest BCUT2D eigenvalue weighted by atomic mass is 19.1. The molecule has 0 saturated heterocycles.